The molecule has 7 rings (SSSR count). The number of tetrazole rings is 1. The van der Waals surface area contributed by atoms with Crippen LogP contribution in [0.5, 0.6) is 5.75 Å². The van der Waals surface area contributed by atoms with Gasteiger partial charge in [0.2, 0.25) is 5.82 Å². The van der Waals surface area contributed by atoms with E-state index in [1.807, 2.05) is 30.3 Å². The molecule has 2 aromatic heterocycles. The largest absolute Gasteiger partial charge is 0.488 e. The number of halogens is 1. The Morgan fingerprint density at radius 2 is 1.20 bits per heavy atom. The Bertz CT molecular complexity index is 2050. The highest BCUT2D eigenvalue weighted by molar-refractivity contribution is 14.1. The van der Waals surface area contributed by atoms with Gasteiger partial charge < -0.3 is 4.74 Å². The van der Waals surface area contributed by atoms with Crippen LogP contribution in [0.15, 0.2) is 146 Å². The van der Waals surface area contributed by atoms with Gasteiger partial charge in [-0.3, -0.25) is 4.98 Å². The summed E-state index contributed by atoms with van der Waals surface area (Å²) in [6.45, 7) is 4.73. The third-order valence-corrected chi connectivity index (χ3v) is 10.0. The Kier molecular flexibility index (Phi) is 9.61. The number of rotatable bonds is 11. The first kappa shape index (κ1) is 32.4. The highest BCUT2D eigenvalue weighted by Crippen LogP contribution is 2.40. The first-order valence-corrected chi connectivity index (χ1v) is 17.7. The van der Waals surface area contributed by atoms with E-state index in [1.165, 1.54) is 0 Å². The van der Waals surface area contributed by atoms with Crippen LogP contribution in [0, 0.1) is 3.57 Å². The standard InChI is InChI=1S/C42H36IN5O/c1-3-35-28-39(40(43)38(4-2)44-35)49-29-30-24-26-31(27-25-30)36-22-14-15-23-37(36)41-45-47-48(46-41)42(32-16-8-5-9-17-32,33-18-10-6-11-19-33)34-20-12-7-13-21-34/h5-28H,3-4,29H2,1-2H3. The molecular formula is C42H36IN5O. The number of hydrogen-bond acceptors (Lipinski definition) is 5. The molecule has 0 aliphatic rings. The molecule has 7 heteroatoms. The lowest BCUT2D eigenvalue weighted by Gasteiger charge is -2.34. The molecule has 2 heterocycles. The summed E-state index contributed by atoms with van der Waals surface area (Å²) < 4.78 is 7.39. The Hall–Kier alpha value is -5.15. The molecule has 0 N–H and O–H groups in total. The number of hydrogen-bond donors (Lipinski definition) is 0. The zero-order chi connectivity index (χ0) is 33.6. The second kappa shape index (κ2) is 14.5. The number of aromatic nitrogens is 5. The van der Waals surface area contributed by atoms with E-state index in [-0.39, 0.29) is 0 Å². The van der Waals surface area contributed by atoms with Gasteiger partial charge in [-0.1, -0.05) is 153 Å². The van der Waals surface area contributed by atoms with Crippen molar-refractivity contribution in [1.29, 1.82) is 0 Å². The van der Waals surface area contributed by atoms with E-state index in [2.05, 4.69) is 152 Å². The molecule has 49 heavy (non-hydrogen) atoms. The van der Waals surface area contributed by atoms with Crippen molar-refractivity contribution >= 4 is 22.6 Å². The van der Waals surface area contributed by atoms with Gasteiger partial charge in [0.1, 0.15) is 12.4 Å². The van der Waals surface area contributed by atoms with E-state index in [4.69, 9.17) is 25.1 Å². The summed E-state index contributed by atoms with van der Waals surface area (Å²) in [5, 5.41) is 14.6. The minimum Gasteiger partial charge on any atom is -0.488 e. The zero-order valence-corrected chi connectivity index (χ0v) is 29.7. The van der Waals surface area contributed by atoms with E-state index in [0.29, 0.717) is 12.4 Å². The van der Waals surface area contributed by atoms with Crippen LogP contribution in [0.4, 0.5) is 0 Å². The van der Waals surface area contributed by atoms with Gasteiger partial charge in [0, 0.05) is 17.3 Å². The van der Waals surface area contributed by atoms with Crippen molar-refractivity contribution < 1.29 is 4.74 Å². The van der Waals surface area contributed by atoms with Gasteiger partial charge in [0.05, 0.1) is 9.26 Å². The molecule has 0 atom stereocenters. The summed E-state index contributed by atoms with van der Waals surface area (Å²) in [5.74, 6) is 1.45. The van der Waals surface area contributed by atoms with E-state index < -0.39 is 5.54 Å². The van der Waals surface area contributed by atoms with E-state index >= 15 is 0 Å². The van der Waals surface area contributed by atoms with Crippen LogP contribution in [0.3, 0.4) is 0 Å². The number of ether oxygens (including phenoxy) is 1. The highest BCUT2D eigenvalue weighted by Gasteiger charge is 2.41. The van der Waals surface area contributed by atoms with Crippen LogP contribution in [-0.4, -0.2) is 25.2 Å². The third kappa shape index (κ3) is 6.38. The summed E-state index contributed by atoms with van der Waals surface area (Å²) in [4.78, 5) is 6.53. The molecular weight excluding hydrogens is 717 g/mol. The predicted octanol–water partition coefficient (Wildman–Crippen LogP) is 9.55. The van der Waals surface area contributed by atoms with Gasteiger partial charge in [-0.25, -0.2) is 0 Å². The van der Waals surface area contributed by atoms with Crippen LogP contribution in [0.2, 0.25) is 0 Å². The maximum absolute atomic E-state index is 6.31. The van der Waals surface area contributed by atoms with E-state index in [1.54, 1.807) is 4.80 Å². The summed E-state index contributed by atoms with van der Waals surface area (Å²) in [6, 6.07) is 50.0. The second-order valence-electron chi connectivity index (χ2n) is 11.8. The molecule has 6 nitrogen and oxygen atoms in total. The smallest absolute Gasteiger partial charge is 0.205 e. The molecule has 0 amide bonds. The maximum Gasteiger partial charge on any atom is 0.205 e. The predicted molar refractivity (Wildman–Crippen MR) is 203 cm³/mol. The van der Waals surface area contributed by atoms with Crippen LogP contribution in [0.1, 0.15) is 47.5 Å². The lowest BCUT2D eigenvalue weighted by atomic mass is 9.77. The Morgan fingerprint density at radius 1 is 0.653 bits per heavy atom. The minimum atomic E-state index is -0.839. The summed E-state index contributed by atoms with van der Waals surface area (Å²) in [7, 11) is 0. The molecule has 0 spiro atoms. The highest BCUT2D eigenvalue weighted by atomic mass is 127. The topological polar surface area (TPSA) is 65.7 Å². The van der Waals surface area contributed by atoms with Crippen LogP contribution < -0.4 is 4.74 Å². The monoisotopic (exact) mass is 753 g/mol. The third-order valence-electron chi connectivity index (χ3n) is 8.86. The lowest BCUT2D eigenvalue weighted by Crippen LogP contribution is -2.39. The number of benzene rings is 5. The van der Waals surface area contributed by atoms with Crippen molar-refractivity contribution in [2.45, 2.75) is 38.8 Å². The fourth-order valence-electron chi connectivity index (χ4n) is 6.35. The Labute approximate surface area is 301 Å². The molecule has 7 aromatic rings. The van der Waals surface area contributed by atoms with E-state index in [0.717, 1.165) is 72.5 Å². The van der Waals surface area contributed by atoms with E-state index in [9.17, 15) is 0 Å². The fourth-order valence-corrected chi connectivity index (χ4v) is 7.17. The lowest BCUT2D eigenvalue weighted by molar-refractivity contribution is 0.302. The van der Waals surface area contributed by atoms with Gasteiger partial charge in [0.15, 0.2) is 5.54 Å². The molecule has 0 bridgehead atoms. The molecule has 0 aliphatic heterocycles. The molecule has 0 fully saturated rings. The summed E-state index contributed by atoms with van der Waals surface area (Å²) in [6.07, 6.45) is 1.76. The van der Waals surface area contributed by atoms with Crippen molar-refractivity contribution in [2.24, 2.45) is 0 Å². The molecule has 0 unspecified atom stereocenters. The molecule has 0 saturated heterocycles. The van der Waals surface area contributed by atoms with Crippen molar-refractivity contribution in [3.8, 4) is 28.3 Å². The molecule has 242 valence electrons. The summed E-state index contributed by atoms with van der Waals surface area (Å²) in [5.41, 5.74) is 8.52. The number of pyridine rings is 1. The van der Waals surface area contributed by atoms with Gasteiger partial charge in [-0.15, -0.1) is 15.0 Å². The normalized spacial score (nSPS) is 11.4. The van der Waals surface area contributed by atoms with Crippen molar-refractivity contribution in [1.82, 2.24) is 25.2 Å². The molecule has 0 saturated carbocycles. The first-order chi connectivity index (χ1) is 24.1. The van der Waals surface area contributed by atoms with Gasteiger partial charge >= 0.3 is 0 Å². The number of nitrogens with zero attached hydrogens (tertiary/aromatic N) is 5. The molecule has 0 aliphatic carbocycles. The van der Waals surface area contributed by atoms with Crippen molar-refractivity contribution in [3.05, 3.63) is 183 Å². The second-order valence-corrected chi connectivity index (χ2v) is 12.9. The van der Waals surface area contributed by atoms with Crippen molar-refractivity contribution in [3.63, 3.8) is 0 Å². The van der Waals surface area contributed by atoms with Gasteiger partial charge in [-0.2, -0.15) is 0 Å². The minimum absolute atomic E-state index is 0.477. The molecule has 0 radical (unpaired) electrons. The average Bonchev–Trinajstić information content (AvgIpc) is 3.67. The maximum atomic E-state index is 6.31. The van der Waals surface area contributed by atoms with Gasteiger partial charge in [-0.05, 0) is 74.0 Å². The Morgan fingerprint density at radius 3 is 1.76 bits per heavy atom. The Balaban J connectivity index is 1.24. The average molecular weight is 754 g/mol. The van der Waals surface area contributed by atoms with Crippen LogP contribution in [-0.2, 0) is 25.0 Å². The van der Waals surface area contributed by atoms with Crippen LogP contribution >= 0.6 is 22.6 Å². The van der Waals surface area contributed by atoms with Crippen LogP contribution in [0.25, 0.3) is 22.5 Å². The quantitative estimate of drug-likeness (QED) is 0.0973. The van der Waals surface area contributed by atoms with Gasteiger partial charge in [0.25, 0.3) is 0 Å². The molecule has 5 aromatic carbocycles. The first-order valence-electron chi connectivity index (χ1n) is 16.6. The fraction of sp³-hybridized carbons (Fsp3) is 0.143. The van der Waals surface area contributed by atoms with Crippen molar-refractivity contribution in [2.75, 3.05) is 0 Å². The summed E-state index contributed by atoms with van der Waals surface area (Å²) >= 11 is 2.35. The SMILES string of the molecule is CCc1cc(OCc2ccc(-c3ccccc3-c3nnn(C(c4ccccc4)(c4ccccc4)c4ccccc4)n3)cc2)c(I)c(CC)n1. The number of aryl methyl sites for hydroxylation is 2. The zero-order valence-electron chi connectivity index (χ0n) is 27.5.